The van der Waals surface area contributed by atoms with E-state index >= 15 is 0 Å². The molecule has 3 fully saturated rings. The molecular weight excluding hydrogens is 288 g/mol. The number of aromatic nitrogens is 2. The molecule has 1 amide bonds. The standard InChI is InChI=1S/C18H26N4O/c1-14-3-6-16(20-19-14)21-10-2-8-18(12-21)9-7-17(23)22(13-18)11-15-4-5-15/h3,6,15H,2,4-5,7-13H2,1H3/t18-/m0/s1. The Bertz CT molecular complexity index is 583. The molecule has 4 rings (SSSR count). The Labute approximate surface area is 138 Å². The van der Waals surface area contributed by atoms with Crippen molar-refractivity contribution >= 4 is 11.7 Å². The van der Waals surface area contributed by atoms with Gasteiger partial charge in [-0.1, -0.05) is 0 Å². The van der Waals surface area contributed by atoms with Crippen LogP contribution in [-0.2, 0) is 4.79 Å². The highest BCUT2D eigenvalue weighted by molar-refractivity contribution is 5.77. The molecule has 0 bridgehead atoms. The summed E-state index contributed by atoms with van der Waals surface area (Å²) in [5, 5.41) is 8.57. The number of piperidine rings is 2. The fourth-order valence-electron chi connectivity index (χ4n) is 4.18. The molecule has 1 spiro atoms. The van der Waals surface area contributed by atoms with Gasteiger partial charge in [0, 0.05) is 38.0 Å². The molecule has 0 radical (unpaired) electrons. The maximum atomic E-state index is 12.3. The van der Waals surface area contributed by atoms with Gasteiger partial charge < -0.3 is 9.80 Å². The number of hydrogen-bond donors (Lipinski definition) is 0. The number of amides is 1. The van der Waals surface area contributed by atoms with Gasteiger partial charge in [0.05, 0.1) is 5.69 Å². The lowest BCUT2D eigenvalue weighted by atomic mass is 9.73. The molecule has 2 aliphatic heterocycles. The second-order valence-electron chi connectivity index (χ2n) is 7.78. The topological polar surface area (TPSA) is 49.3 Å². The van der Waals surface area contributed by atoms with Gasteiger partial charge in [-0.2, -0.15) is 5.10 Å². The first-order valence-electron chi connectivity index (χ1n) is 8.97. The van der Waals surface area contributed by atoms with Gasteiger partial charge in [0.1, 0.15) is 0 Å². The van der Waals surface area contributed by atoms with Gasteiger partial charge in [0.25, 0.3) is 0 Å². The summed E-state index contributed by atoms with van der Waals surface area (Å²) < 4.78 is 0. The monoisotopic (exact) mass is 314 g/mol. The maximum Gasteiger partial charge on any atom is 0.222 e. The smallest absolute Gasteiger partial charge is 0.222 e. The summed E-state index contributed by atoms with van der Waals surface area (Å²) in [6.45, 7) is 5.97. The molecule has 1 aliphatic carbocycles. The van der Waals surface area contributed by atoms with Crippen molar-refractivity contribution in [2.24, 2.45) is 11.3 Å². The van der Waals surface area contributed by atoms with Gasteiger partial charge in [-0.25, -0.2) is 0 Å². The molecule has 124 valence electrons. The zero-order valence-corrected chi connectivity index (χ0v) is 14.0. The van der Waals surface area contributed by atoms with Gasteiger partial charge in [-0.15, -0.1) is 5.10 Å². The molecular formula is C18H26N4O. The Morgan fingerprint density at radius 1 is 1.22 bits per heavy atom. The minimum absolute atomic E-state index is 0.258. The first-order chi connectivity index (χ1) is 11.1. The molecule has 1 atom stereocenters. The fraction of sp³-hybridized carbons (Fsp3) is 0.722. The third kappa shape index (κ3) is 3.19. The predicted octanol–water partition coefficient (Wildman–Crippen LogP) is 2.40. The summed E-state index contributed by atoms with van der Waals surface area (Å²) in [5.41, 5.74) is 1.22. The van der Waals surface area contributed by atoms with Crippen LogP contribution in [0.2, 0.25) is 0 Å². The number of anilines is 1. The zero-order valence-electron chi connectivity index (χ0n) is 14.0. The predicted molar refractivity (Wildman–Crippen MR) is 89.2 cm³/mol. The minimum Gasteiger partial charge on any atom is -0.355 e. The number of likely N-dealkylation sites (tertiary alicyclic amines) is 1. The van der Waals surface area contributed by atoms with E-state index in [1.54, 1.807) is 0 Å². The molecule has 2 saturated heterocycles. The van der Waals surface area contributed by atoms with E-state index in [4.69, 9.17) is 0 Å². The molecule has 3 heterocycles. The summed E-state index contributed by atoms with van der Waals surface area (Å²) in [6.07, 6.45) is 6.78. The highest BCUT2D eigenvalue weighted by Gasteiger charge is 2.43. The minimum atomic E-state index is 0.258. The van der Waals surface area contributed by atoms with Crippen LogP contribution < -0.4 is 4.90 Å². The Hall–Kier alpha value is -1.65. The molecule has 1 aromatic rings. The van der Waals surface area contributed by atoms with Crippen LogP contribution >= 0.6 is 0 Å². The van der Waals surface area contributed by atoms with Crippen LogP contribution in [0.15, 0.2) is 12.1 Å². The first-order valence-corrected chi connectivity index (χ1v) is 8.97. The van der Waals surface area contributed by atoms with Crippen molar-refractivity contribution in [1.82, 2.24) is 15.1 Å². The quantitative estimate of drug-likeness (QED) is 0.859. The van der Waals surface area contributed by atoms with Crippen molar-refractivity contribution < 1.29 is 4.79 Å². The first kappa shape index (κ1) is 14.9. The summed E-state index contributed by atoms with van der Waals surface area (Å²) in [6, 6.07) is 4.12. The SMILES string of the molecule is Cc1ccc(N2CCC[C@]3(CCC(=O)N(CC4CC4)C3)C2)nn1. The Balaban J connectivity index is 1.48. The van der Waals surface area contributed by atoms with Crippen LogP contribution in [0, 0.1) is 18.3 Å². The van der Waals surface area contributed by atoms with Crippen molar-refractivity contribution in [2.45, 2.75) is 45.4 Å². The van der Waals surface area contributed by atoms with Gasteiger partial charge in [-0.3, -0.25) is 4.79 Å². The Kier molecular flexibility index (Phi) is 3.74. The molecule has 5 heteroatoms. The summed E-state index contributed by atoms with van der Waals surface area (Å²) in [5.74, 6) is 2.13. The van der Waals surface area contributed by atoms with E-state index in [1.165, 1.54) is 25.7 Å². The molecule has 1 aromatic heterocycles. The van der Waals surface area contributed by atoms with E-state index in [2.05, 4.69) is 26.1 Å². The summed E-state index contributed by atoms with van der Waals surface area (Å²) in [7, 11) is 0. The van der Waals surface area contributed by atoms with Gasteiger partial charge in [0.15, 0.2) is 5.82 Å². The van der Waals surface area contributed by atoms with Gasteiger partial charge in [0.2, 0.25) is 5.91 Å². The molecule has 23 heavy (non-hydrogen) atoms. The van der Waals surface area contributed by atoms with Crippen molar-refractivity contribution in [3.63, 3.8) is 0 Å². The average molecular weight is 314 g/mol. The Morgan fingerprint density at radius 3 is 2.83 bits per heavy atom. The van der Waals surface area contributed by atoms with E-state index in [9.17, 15) is 4.79 Å². The Morgan fingerprint density at radius 2 is 2.09 bits per heavy atom. The lowest BCUT2D eigenvalue weighted by Crippen LogP contribution is -2.54. The largest absolute Gasteiger partial charge is 0.355 e. The molecule has 1 saturated carbocycles. The van der Waals surface area contributed by atoms with E-state index in [1.807, 2.05) is 13.0 Å². The number of aryl methyl sites for hydroxylation is 1. The van der Waals surface area contributed by atoms with Gasteiger partial charge >= 0.3 is 0 Å². The normalized spacial score (nSPS) is 28.5. The molecule has 0 unspecified atom stereocenters. The number of carbonyl (C=O) groups is 1. The highest BCUT2D eigenvalue weighted by atomic mass is 16.2. The molecule has 0 N–H and O–H groups in total. The second kappa shape index (κ2) is 5.77. The van der Waals surface area contributed by atoms with Crippen LogP contribution in [0.4, 0.5) is 5.82 Å². The van der Waals surface area contributed by atoms with Crippen molar-refractivity contribution in [2.75, 3.05) is 31.1 Å². The van der Waals surface area contributed by atoms with E-state index in [-0.39, 0.29) is 5.41 Å². The van der Waals surface area contributed by atoms with Crippen molar-refractivity contribution in [1.29, 1.82) is 0 Å². The lowest BCUT2D eigenvalue weighted by molar-refractivity contribution is -0.138. The molecule has 5 nitrogen and oxygen atoms in total. The third-order valence-electron chi connectivity index (χ3n) is 5.69. The fourth-order valence-corrected chi connectivity index (χ4v) is 4.18. The van der Waals surface area contributed by atoms with Crippen LogP contribution in [-0.4, -0.2) is 47.2 Å². The van der Waals surface area contributed by atoms with Crippen molar-refractivity contribution in [3.05, 3.63) is 17.8 Å². The highest BCUT2D eigenvalue weighted by Crippen LogP contribution is 2.41. The lowest BCUT2D eigenvalue weighted by Gasteiger charge is -2.48. The number of nitrogens with zero attached hydrogens (tertiary/aromatic N) is 4. The van der Waals surface area contributed by atoms with Crippen LogP contribution in [0.5, 0.6) is 0 Å². The third-order valence-corrected chi connectivity index (χ3v) is 5.69. The maximum absolute atomic E-state index is 12.3. The van der Waals surface area contributed by atoms with E-state index < -0.39 is 0 Å². The zero-order chi connectivity index (χ0) is 15.9. The molecule has 3 aliphatic rings. The summed E-state index contributed by atoms with van der Waals surface area (Å²) >= 11 is 0. The number of carbonyl (C=O) groups excluding carboxylic acids is 1. The van der Waals surface area contributed by atoms with Crippen LogP contribution in [0.25, 0.3) is 0 Å². The molecule has 0 aromatic carbocycles. The van der Waals surface area contributed by atoms with Crippen LogP contribution in [0.3, 0.4) is 0 Å². The van der Waals surface area contributed by atoms with E-state index in [0.29, 0.717) is 5.91 Å². The van der Waals surface area contributed by atoms with E-state index in [0.717, 1.165) is 56.5 Å². The second-order valence-corrected chi connectivity index (χ2v) is 7.78. The summed E-state index contributed by atoms with van der Waals surface area (Å²) in [4.78, 5) is 16.8. The average Bonchev–Trinajstić information content (AvgIpc) is 3.36. The van der Waals surface area contributed by atoms with Gasteiger partial charge in [-0.05, 0) is 57.1 Å². The number of hydrogen-bond acceptors (Lipinski definition) is 4. The number of rotatable bonds is 3. The van der Waals surface area contributed by atoms with Crippen molar-refractivity contribution in [3.8, 4) is 0 Å². The van der Waals surface area contributed by atoms with Crippen LogP contribution in [0.1, 0.15) is 44.2 Å².